The minimum Gasteiger partial charge on any atom is -0.497 e. The van der Waals surface area contributed by atoms with Gasteiger partial charge >= 0.3 is 0 Å². The Bertz CT molecular complexity index is 883. The highest BCUT2D eigenvalue weighted by molar-refractivity contribution is 5.51. The Labute approximate surface area is 172 Å². The van der Waals surface area contributed by atoms with Crippen LogP contribution in [0.15, 0.2) is 60.9 Å². The van der Waals surface area contributed by atoms with E-state index >= 15 is 0 Å². The van der Waals surface area contributed by atoms with Gasteiger partial charge in [0.1, 0.15) is 36.3 Å². The molecule has 0 bridgehead atoms. The number of methoxy groups -OCH3 is 1. The topological polar surface area (TPSA) is 56.7 Å². The molecule has 6 nitrogen and oxygen atoms in total. The molecule has 3 aromatic rings. The molecule has 0 aliphatic rings. The molecule has 6 heteroatoms. The maximum Gasteiger partial charge on any atom is 0.125 e. The van der Waals surface area contributed by atoms with E-state index in [9.17, 15) is 0 Å². The van der Waals surface area contributed by atoms with Gasteiger partial charge in [0.15, 0.2) is 0 Å². The molecule has 3 rings (SSSR count). The van der Waals surface area contributed by atoms with E-state index in [1.165, 1.54) is 0 Å². The summed E-state index contributed by atoms with van der Waals surface area (Å²) in [6, 6.07) is 15.6. The van der Waals surface area contributed by atoms with Crippen molar-refractivity contribution in [2.24, 2.45) is 0 Å². The number of ether oxygens (including phenoxy) is 3. The Morgan fingerprint density at radius 1 is 0.862 bits per heavy atom. The molecular weight excluding hydrogens is 366 g/mol. The first-order valence-corrected chi connectivity index (χ1v) is 9.70. The number of aryl methyl sites for hydroxylation is 1. The van der Waals surface area contributed by atoms with Crippen molar-refractivity contribution >= 4 is 5.69 Å². The molecule has 0 N–H and O–H groups in total. The van der Waals surface area contributed by atoms with Crippen molar-refractivity contribution < 1.29 is 14.2 Å². The van der Waals surface area contributed by atoms with Crippen molar-refractivity contribution in [3.8, 4) is 17.2 Å². The van der Waals surface area contributed by atoms with Gasteiger partial charge in [-0.3, -0.25) is 0 Å². The summed E-state index contributed by atoms with van der Waals surface area (Å²) in [5.74, 6) is 3.20. The van der Waals surface area contributed by atoms with Crippen molar-refractivity contribution in [1.82, 2.24) is 9.97 Å². The van der Waals surface area contributed by atoms with Crippen LogP contribution in [0.1, 0.15) is 18.3 Å². The monoisotopic (exact) mass is 393 g/mol. The number of hydrogen-bond acceptors (Lipinski definition) is 6. The molecule has 0 aliphatic carbocycles. The summed E-state index contributed by atoms with van der Waals surface area (Å²) in [7, 11) is 1.64. The molecule has 0 aliphatic heterocycles. The highest BCUT2D eigenvalue weighted by atomic mass is 16.5. The van der Waals surface area contributed by atoms with E-state index in [0.717, 1.165) is 47.4 Å². The van der Waals surface area contributed by atoms with E-state index in [1.807, 2.05) is 61.8 Å². The van der Waals surface area contributed by atoms with Gasteiger partial charge < -0.3 is 19.1 Å². The summed E-state index contributed by atoms with van der Waals surface area (Å²) in [6.45, 7) is 6.58. The average Bonchev–Trinajstić information content (AvgIpc) is 2.77. The lowest BCUT2D eigenvalue weighted by Crippen LogP contribution is -2.22. The summed E-state index contributed by atoms with van der Waals surface area (Å²) in [6.07, 6.45) is 3.75. The molecule has 0 fully saturated rings. The van der Waals surface area contributed by atoms with Gasteiger partial charge in [-0.15, -0.1) is 0 Å². The predicted molar refractivity (Wildman–Crippen MR) is 114 cm³/mol. The molecule has 152 valence electrons. The van der Waals surface area contributed by atoms with E-state index in [2.05, 4.69) is 27.9 Å². The van der Waals surface area contributed by atoms with Gasteiger partial charge in [-0.2, -0.15) is 0 Å². The molecule has 0 saturated carbocycles. The van der Waals surface area contributed by atoms with E-state index in [0.29, 0.717) is 13.2 Å². The highest BCUT2D eigenvalue weighted by Gasteiger charge is 2.08. The van der Waals surface area contributed by atoms with Gasteiger partial charge in [0, 0.05) is 42.8 Å². The Morgan fingerprint density at radius 2 is 1.52 bits per heavy atom. The minimum absolute atomic E-state index is 0.466. The number of aromatic nitrogens is 2. The summed E-state index contributed by atoms with van der Waals surface area (Å²) in [5.41, 5.74) is 2.18. The number of hydrogen-bond donors (Lipinski definition) is 0. The van der Waals surface area contributed by atoms with E-state index in [4.69, 9.17) is 14.2 Å². The Kier molecular flexibility index (Phi) is 7.28. The average molecular weight is 393 g/mol. The molecule has 1 heterocycles. The van der Waals surface area contributed by atoms with Crippen LogP contribution in [0, 0.1) is 6.92 Å². The number of benzene rings is 2. The zero-order valence-electron chi connectivity index (χ0n) is 17.2. The second kappa shape index (κ2) is 10.3. The first kappa shape index (κ1) is 20.5. The number of rotatable bonds is 10. The molecule has 0 radical (unpaired) electrons. The molecule has 2 aromatic carbocycles. The standard InChI is InChI=1S/C23H27N3O3/c1-4-26(17-19-15-24-18(2)25-16-19)20-6-5-7-23(14-20)29-13-12-28-22-10-8-21(27-3)9-11-22/h5-11,14-16H,4,12-13,17H2,1-3H3. The first-order chi connectivity index (χ1) is 14.2. The summed E-state index contributed by atoms with van der Waals surface area (Å²) >= 11 is 0. The second-order valence-corrected chi connectivity index (χ2v) is 6.52. The predicted octanol–water partition coefficient (Wildman–Crippen LogP) is 4.28. The Hall–Kier alpha value is -3.28. The molecule has 0 saturated heterocycles. The molecular formula is C23H27N3O3. The fraction of sp³-hybridized carbons (Fsp3) is 0.304. The molecule has 0 unspecified atom stereocenters. The molecule has 29 heavy (non-hydrogen) atoms. The van der Waals surface area contributed by atoms with Gasteiger partial charge in [-0.25, -0.2) is 9.97 Å². The van der Waals surface area contributed by atoms with Gasteiger partial charge in [0.25, 0.3) is 0 Å². The van der Waals surface area contributed by atoms with Crippen molar-refractivity contribution in [1.29, 1.82) is 0 Å². The molecule has 1 aromatic heterocycles. The van der Waals surface area contributed by atoms with Crippen LogP contribution in [-0.4, -0.2) is 36.8 Å². The zero-order valence-corrected chi connectivity index (χ0v) is 17.2. The summed E-state index contributed by atoms with van der Waals surface area (Å²) < 4.78 is 16.7. The van der Waals surface area contributed by atoms with Gasteiger partial charge in [-0.05, 0) is 50.2 Å². The fourth-order valence-corrected chi connectivity index (χ4v) is 2.87. The second-order valence-electron chi connectivity index (χ2n) is 6.52. The third kappa shape index (κ3) is 6.10. The molecule has 0 amide bonds. The van der Waals surface area contributed by atoms with Crippen LogP contribution < -0.4 is 19.1 Å². The SMILES string of the molecule is CCN(Cc1cnc(C)nc1)c1cccc(OCCOc2ccc(OC)cc2)c1. The summed E-state index contributed by atoms with van der Waals surface area (Å²) in [4.78, 5) is 10.8. The lowest BCUT2D eigenvalue weighted by atomic mass is 10.2. The van der Waals surface area contributed by atoms with Crippen LogP contribution >= 0.6 is 0 Å². The highest BCUT2D eigenvalue weighted by Crippen LogP contribution is 2.23. The quantitative estimate of drug-likeness (QED) is 0.479. The Balaban J connectivity index is 1.52. The van der Waals surface area contributed by atoms with Crippen LogP contribution in [0.4, 0.5) is 5.69 Å². The van der Waals surface area contributed by atoms with Crippen molar-refractivity contribution in [2.75, 3.05) is 31.8 Å². The van der Waals surface area contributed by atoms with Gasteiger partial charge in [0.2, 0.25) is 0 Å². The maximum atomic E-state index is 5.87. The lowest BCUT2D eigenvalue weighted by Gasteiger charge is -2.23. The van der Waals surface area contributed by atoms with E-state index in [-0.39, 0.29) is 0 Å². The third-order valence-electron chi connectivity index (χ3n) is 4.45. The van der Waals surface area contributed by atoms with Crippen LogP contribution in [-0.2, 0) is 6.54 Å². The largest absolute Gasteiger partial charge is 0.497 e. The normalized spacial score (nSPS) is 10.4. The zero-order chi connectivity index (χ0) is 20.5. The van der Waals surface area contributed by atoms with E-state index in [1.54, 1.807) is 7.11 Å². The lowest BCUT2D eigenvalue weighted by molar-refractivity contribution is 0.217. The van der Waals surface area contributed by atoms with Crippen LogP contribution in [0.25, 0.3) is 0 Å². The van der Waals surface area contributed by atoms with Crippen LogP contribution in [0.5, 0.6) is 17.2 Å². The third-order valence-corrected chi connectivity index (χ3v) is 4.45. The van der Waals surface area contributed by atoms with Crippen molar-refractivity contribution in [3.63, 3.8) is 0 Å². The minimum atomic E-state index is 0.466. The van der Waals surface area contributed by atoms with Gasteiger partial charge in [-0.1, -0.05) is 6.07 Å². The number of nitrogens with zero attached hydrogens (tertiary/aromatic N) is 3. The Morgan fingerprint density at radius 3 is 2.17 bits per heavy atom. The van der Waals surface area contributed by atoms with Crippen molar-refractivity contribution in [2.45, 2.75) is 20.4 Å². The smallest absolute Gasteiger partial charge is 0.125 e. The summed E-state index contributed by atoms with van der Waals surface area (Å²) in [5, 5.41) is 0. The number of anilines is 1. The van der Waals surface area contributed by atoms with Crippen LogP contribution in [0.3, 0.4) is 0 Å². The van der Waals surface area contributed by atoms with Gasteiger partial charge in [0.05, 0.1) is 7.11 Å². The van der Waals surface area contributed by atoms with Crippen LogP contribution in [0.2, 0.25) is 0 Å². The maximum absolute atomic E-state index is 5.87. The first-order valence-electron chi connectivity index (χ1n) is 9.70. The van der Waals surface area contributed by atoms with E-state index < -0.39 is 0 Å². The fourth-order valence-electron chi connectivity index (χ4n) is 2.87. The molecule has 0 atom stereocenters. The molecule has 0 spiro atoms. The van der Waals surface area contributed by atoms with Crippen molar-refractivity contribution in [3.05, 3.63) is 72.3 Å².